The van der Waals surface area contributed by atoms with Gasteiger partial charge in [-0.1, -0.05) is 0 Å². The van der Waals surface area contributed by atoms with Gasteiger partial charge in [0.15, 0.2) is 35.4 Å². The van der Waals surface area contributed by atoms with Gasteiger partial charge in [-0.3, -0.25) is 0 Å². The fourth-order valence-corrected chi connectivity index (χ4v) is 6.36. The molecule has 6 rings (SSSR count). The van der Waals surface area contributed by atoms with Crippen molar-refractivity contribution in [3.05, 3.63) is 64.8 Å². The molecule has 4 heterocycles. The van der Waals surface area contributed by atoms with Crippen LogP contribution in [0.1, 0.15) is 5.56 Å². The van der Waals surface area contributed by atoms with E-state index in [1.807, 2.05) is 0 Å². The smallest absolute Gasteiger partial charge is 0.229 e. The highest BCUT2D eigenvalue weighted by Crippen LogP contribution is 2.42. The molecule has 3 saturated heterocycles. The first-order valence-electron chi connectivity index (χ1n) is 16.5. The summed E-state index contributed by atoms with van der Waals surface area (Å²) in [5, 5.41) is 124. The van der Waals surface area contributed by atoms with Gasteiger partial charge in [-0.15, -0.1) is 0 Å². The highest BCUT2D eigenvalue weighted by Gasteiger charge is 2.52. The zero-order chi connectivity index (χ0) is 38.3. The van der Waals surface area contributed by atoms with Gasteiger partial charge in [0, 0.05) is 23.3 Å². The molecule has 0 amide bonds. The molecule has 20 heteroatoms. The maximum absolute atomic E-state index is 11.1. The molecule has 5 aliphatic rings. The molecule has 0 aromatic heterocycles. The Hall–Kier alpha value is -3.58. The maximum Gasteiger partial charge on any atom is 0.229 e. The number of allylic oxidation sites excluding steroid dienone is 2. The number of aliphatic hydroxyl groups excluding tert-OH is 11. The second-order valence-electron chi connectivity index (χ2n) is 12.8. The second kappa shape index (κ2) is 16.0. The Kier molecular flexibility index (Phi) is 11.8. The molecular formula is C33H42O20. The van der Waals surface area contributed by atoms with E-state index < -0.39 is 112 Å². The lowest BCUT2D eigenvalue weighted by Crippen LogP contribution is -2.61. The molecule has 0 spiro atoms. The van der Waals surface area contributed by atoms with Crippen LogP contribution in [-0.4, -0.2) is 180 Å². The van der Waals surface area contributed by atoms with Crippen LogP contribution < -0.4 is 4.74 Å². The van der Waals surface area contributed by atoms with Gasteiger partial charge in [0.05, 0.1) is 26.9 Å². The van der Waals surface area contributed by atoms with E-state index in [0.29, 0.717) is 0 Å². The third-order valence-corrected chi connectivity index (χ3v) is 9.34. The highest BCUT2D eigenvalue weighted by atomic mass is 16.8. The third kappa shape index (κ3) is 7.57. The van der Waals surface area contributed by atoms with E-state index in [9.17, 15) is 61.3 Å². The molecule has 3 fully saturated rings. The minimum absolute atomic E-state index is 0.0136. The second-order valence-corrected chi connectivity index (χ2v) is 12.8. The number of hydrogen-bond donors (Lipinski definition) is 12. The SMILES string of the molecule is COc1cc(C2=C(O[C@@H]3O[C@H](CO)[C@@H](O)[C@H](O)[C@H]3O[C@@H]3O[C@H](CO)[C@H](O)[C@H]3O)C=C3C(O[C@@H]4O[C@H](CO)[C@@H](O)[C@H](O)[C@H]4O)=CC(O)=CC3O2)ccc1O. The van der Waals surface area contributed by atoms with Crippen molar-refractivity contribution in [1.82, 2.24) is 0 Å². The lowest BCUT2D eigenvalue weighted by atomic mass is 9.96. The van der Waals surface area contributed by atoms with Gasteiger partial charge in [0.2, 0.25) is 12.6 Å². The molecule has 1 aromatic rings. The van der Waals surface area contributed by atoms with Crippen LogP contribution in [0.3, 0.4) is 0 Å². The number of phenols is 1. The number of hydrogen-bond acceptors (Lipinski definition) is 20. The topological polar surface area (TPSA) is 317 Å². The molecule has 1 aliphatic carbocycles. The first kappa shape index (κ1) is 39.1. The van der Waals surface area contributed by atoms with Gasteiger partial charge in [-0.2, -0.15) is 0 Å². The monoisotopic (exact) mass is 758 g/mol. The van der Waals surface area contributed by atoms with Crippen molar-refractivity contribution in [2.45, 2.75) is 92.1 Å². The summed E-state index contributed by atoms with van der Waals surface area (Å²) in [6, 6.07) is 4.09. The van der Waals surface area contributed by atoms with Crippen molar-refractivity contribution in [2.24, 2.45) is 0 Å². The van der Waals surface area contributed by atoms with E-state index in [0.717, 1.165) is 6.08 Å². The van der Waals surface area contributed by atoms with Crippen molar-refractivity contribution < 1.29 is 99.2 Å². The summed E-state index contributed by atoms with van der Waals surface area (Å²) in [4.78, 5) is 0. The normalized spacial score (nSPS) is 40.1. The number of methoxy groups -OCH3 is 1. The summed E-state index contributed by atoms with van der Waals surface area (Å²) < 4.78 is 46.1. The zero-order valence-electron chi connectivity index (χ0n) is 27.9. The summed E-state index contributed by atoms with van der Waals surface area (Å²) in [5.74, 6) is -1.10. The number of fused-ring (bicyclic) bond motifs is 1. The minimum atomic E-state index is -1.87. The van der Waals surface area contributed by atoms with Crippen LogP contribution in [-0.2, 0) is 33.2 Å². The van der Waals surface area contributed by atoms with Crippen LogP contribution >= 0.6 is 0 Å². The summed E-state index contributed by atoms with van der Waals surface area (Å²) >= 11 is 0. The van der Waals surface area contributed by atoms with E-state index in [4.69, 9.17) is 37.9 Å². The quantitative estimate of drug-likeness (QED) is 0.102. The third-order valence-electron chi connectivity index (χ3n) is 9.34. The first-order valence-corrected chi connectivity index (χ1v) is 16.5. The van der Waals surface area contributed by atoms with Crippen LogP contribution in [0.25, 0.3) is 5.76 Å². The van der Waals surface area contributed by atoms with E-state index in [1.165, 1.54) is 37.5 Å². The molecule has 0 bridgehead atoms. The van der Waals surface area contributed by atoms with Crippen LogP contribution in [0.4, 0.5) is 0 Å². The predicted octanol–water partition coefficient (Wildman–Crippen LogP) is -4.17. The van der Waals surface area contributed by atoms with Crippen LogP contribution in [0.2, 0.25) is 0 Å². The fourth-order valence-electron chi connectivity index (χ4n) is 6.36. The summed E-state index contributed by atoms with van der Waals surface area (Å²) in [6.07, 6.45) is -20.5. The number of phenolic OH excluding ortho intramolecular Hbond substituents is 1. The molecule has 1 aromatic carbocycles. The summed E-state index contributed by atoms with van der Waals surface area (Å²) in [5.41, 5.74) is 0.320. The average Bonchev–Trinajstić information content (AvgIpc) is 3.42. The average molecular weight is 759 g/mol. The van der Waals surface area contributed by atoms with Gasteiger partial charge in [0.25, 0.3) is 0 Å². The largest absolute Gasteiger partial charge is 0.508 e. The van der Waals surface area contributed by atoms with Crippen LogP contribution in [0.15, 0.2) is 59.3 Å². The van der Waals surface area contributed by atoms with Gasteiger partial charge in [-0.25, -0.2) is 0 Å². The number of benzene rings is 1. The van der Waals surface area contributed by atoms with E-state index in [-0.39, 0.29) is 45.7 Å². The molecule has 15 atom stereocenters. The van der Waals surface area contributed by atoms with Crippen LogP contribution in [0, 0.1) is 0 Å². The molecule has 294 valence electrons. The first-order chi connectivity index (χ1) is 25.3. The van der Waals surface area contributed by atoms with Crippen molar-refractivity contribution in [2.75, 3.05) is 26.9 Å². The minimum Gasteiger partial charge on any atom is -0.508 e. The molecule has 4 aliphatic heterocycles. The van der Waals surface area contributed by atoms with Gasteiger partial charge < -0.3 is 99.2 Å². The standard InChI is InChI=1S/C33H42O20/c1-46-17-4-11(2-3-14(17)38)29-18(49-33-30(26(43)23(40)20(9-35)52-33)53-32-27(44)24(41)21(10-36)51-32)7-13-15(47-29)5-12(37)6-16(13)48-31-28(45)25(42)22(39)19(8-34)50-31/h2-7,15,19-28,30-45H,8-10H2,1H3/t15?,19-,20-,21-,22-,23-,24+,25+,26+,27-,28-,30-,31-,32+,33-/m1/s1. The van der Waals surface area contributed by atoms with Gasteiger partial charge >= 0.3 is 0 Å². The van der Waals surface area contributed by atoms with E-state index in [1.54, 1.807) is 0 Å². The van der Waals surface area contributed by atoms with Crippen molar-refractivity contribution in [3.8, 4) is 11.5 Å². The lowest BCUT2D eigenvalue weighted by molar-refractivity contribution is -0.330. The molecule has 12 N–H and O–H groups in total. The Bertz CT molecular complexity index is 1590. The van der Waals surface area contributed by atoms with Crippen LogP contribution in [0.5, 0.6) is 11.5 Å². The Balaban J connectivity index is 1.40. The highest BCUT2D eigenvalue weighted by molar-refractivity contribution is 5.70. The Morgan fingerprint density at radius 1 is 0.660 bits per heavy atom. The Morgan fingerprint density at radius 3 is 1.89 bits per heavy atom. The van der Waals surface area contributed by atoms with Crippen molar-refractivity contribution in [3.63, 3.8) is 0 Å². The summed E-state index contributed by atoms with van der Waals surface area (Å²) in [7, 11) is 1.30. The number of aromatic hydroxyl groups is 1. The molecule has 0 saturated carbocycles. The zero-order valence-corrected chi connectivity index (χ0v) is 27.9. The number of aliphatic hydroxyl groups is 11. The molecule has 1 unspecified atom stereocenters. The molecule has 0 radical (unpaired) electrons. The lowest BCUT2D eigenvalue weighted by Gasteiger charge is -2.43. The molecule has 53 heavy (non-hydrogen) atoms. The number of ether oxygens (including phenoxy) is 8. The Morgan fingerprint density at radius 2 is 1.25 bits per heavy atom. The summed E-state index contributed by atoms with van der Waals surface area (Å²) in [6.45, 7) is -2.24. The van der Waals surface area contributed by atoms with Gasteiger partial charge in [-0.05, 0) is 24.3 Å². The Labute approximate surface area is 300 Å². The molecular weight excluding hydrogens is 716 g/mol. The van der Waals surface area contributed by atoms with Crippen molar-refractivity contribution in [1.29, 1.82) is 0 Å². The van der Waals surface area contributed by atoms with E-state index in [2.05, 4.69) is 0 Å². The molecule has 20 nitrogen and oxygen atoms in total. The van der Waals surface area contributed by atoms with Crippen molar-refractivity contribution >= 4 is 5.76 Å². The number of rotatable bonds is 11. The van der Waals surface area contributed by atoms with Gasteiger partial charge in [0.1, 0.15) is 78.7 Å². The predicted molar refractivity (Wildman–Crippen MR) is 170 cm³/mol. The maximum atomic E-state index is 11.1. The fraction of sp³-hybridized carbons (Fsp3) is 0.576. The van der Waals surface area contributed by atoms with E-state index >= 15 is 0 Å².